The number of carbonyl (C=O) groups excluding carboxylic acids is 1. The second-order valence-corrected chi connectivity index (χ2v) is 7.17. The molecule has 0 fully saturated rings. The lowest BCUT2D eigenvalue weighted by molar-refractivity contribution is -0.126. The second-order valence-electron chi connectivity index (χ2n) is 6.17. The van der Waals surface area contributed by atoms with Crippen LogP contribution >= 0.6 is 11.3 Å². The van der Waals surface area contributed by atoms with Crippen LogP contribution in [0.2, 0.25) is 0 Å². The molecule has 0 aliphatic carbocycles. The maximum atomic E-state index is 12.5. The van der Waals surface area contributed by atoms with Crippen LogP contribution in [0.25, 0.3) is 0 Å². The standard InChI is InChI=1S/C18H20N2O3S/c1-12(20-6-4-17-14(10-20)5-7-24-17)18(21)19-9-13-2-3-15-16(8-13)23-11-22-15/h2-3,5,7-8,12H,4,6,9-11H2,1H3,(H,19,21)/t12-/m1/s1. The first-order chi connectivity index (χ1) is 11.7. The van der Waals surface area contributed by atoms with E-state index in [9.17, 15) is 4.79 Å². The summed E-state index contributed by atoms with van der Waals surface area (Å²) in [6.07, 6.45) is 1.03. The zero-order chi connectivity index (χ0) is 16.5. The molecule has 1 amide bonds. The number of ether oxygens (including phenoxy) is 2. The number of hydrogen-bond donors (Lipinski definition) is 1. The van der Waals surface area contributed by atoms with Gasteiger partial charge in [-0.2, -0.15) is 0 Å². The summed E-state index contributed by atoms with van der Waals surface area (Å²) in [7, 11) is 0. The molecule has 2 aliphatic rings. The summed E-state index contributed by atoms with van der Waals surface area (Å²) in [6, 6.07) is 7.80. The van der Waals surface area contributed by atoms with Gasteiger partial charge in [-0.1, -0.05) is 6.07 Å². The lowest BCUT2D eigenvalue weighted by atomic mass is 10.1. The minimum absolute atomic E-state index is 0.0614. The van der Waals surface area contributed by atoms with Gasteiger partial charge in [-0.25, -0.2) is 0 Å². The van der Waals surface area contributed by atoms with E-state index >= 15 is 0 Å². The molecule has 3 heterocycles. The van der Waals surface area contributed by atoms with Crippen LogP contribution in [-0.2, 0) is 24.3 Å². The quantitative estimate of drug-likeness (QED) is 0.926. The SMILES string of the molecule is C[C@H](C(=O)NCc1ccc2c(c1)OCO2)N1CCc2sccc2C1. The number of hydrogen-bond acceptors (Lipinski definition) is 5. The van der Waals surface area contributed by atoms with Crippen LogP contribution in [0, 0.1) is 0 Å². The predicted octanol–water partition coefficient (Wildman–Crippen LogP) is 2.54. The van der Waals surface area contributed by atoms with Crippen LogP contribution in [0.5, 0.6) is 11.5 Å². The summed E-state index contributed by atoms with van der Waals surface area (Å²) in [5.41, 5.74) is 2.38. The molecule has 1 aromatic carbocycles. The lowest BCUT2D eigenvalue weighted by Crippen LogP contribution is -2.46. The normalized spacial score (nSPS) is 17.4. The van der Waals surface area contributed by atoms with Crippen molar-refractivity contribution in [2.75, 3.05) is 13.3 Å². The molecule has 24 heavy (non-hydrogen) atoms. The Morgan fingerprint density at radius 1 is 1.33 bits per heavy atom. The van der Waals surface area contributed by atoms with Gasteiger partial charge in [0.2, 0.25) is 12.7 Å². The Kier molecular flexibility index (Phi) is 4.16. The summed E-state index contributed by atoms with van der Waals surface area (Å²) in [5.74, 6) is 1.57. The third-order valence-electron chi connectivity index (χ3n) is 4.67. The third kappa shape index (κ3) is 2.99. The number of nitrogens with zero attached hydrogens (tertiary/aromatic N) is 1. The Labute approximate surface area is 145 Å². The van der Waals surface area contributed by atoms with Crippen molar-refractivity contribution in [3.63, 3.8) is 0 Å². The summed E-state index contributed by atoms with van der Waals surface area (Å²) in [5, 5.41) is 5.17. The fourth-order valence-corrected chi connectivity index (χ4v) is 4.04. The molecule has 6 heteroatoms. The van der Waals surface area contributed by atoms with E-state index in [0.717, 1.165) is 36.6 Å². The number of thiophene rings is 1. The van der Waals surface area contributed by atoms with Gasteiger partial charge in [-0.3, -0.25) is 9.69 Å². The first-order valence-electron chi connectivity index (χ1n) is 8.16. The molecule has 1 N–H and O–H groups in total. The van der Waals surface area contributed by atoms with Crippen LogP contribution in [0.4, 0.5) is 0 Å². The molecule has 0 unspecified atom stereocenters. The smallest absolute Gasteiger partial charge is 0.237 e. The summed E-state index contributed by atoms with van der Waals surface area (Å²) < 4.78 is 10.7. The summed E-state index contributed by atoms with van der Waals surface area (Å²) in [4.78, 5) is 16.2. The van der Waals surface area contributed by atoms with Gasteiger partial charge in [-0.05, 0) is 48.1 Å². The molecule has 1 aromatic heterocycles. The van der Waals surface area contributed by atoms with Gasteiger partial charge in [0, 0.05) is 24.5 Å². The molecule has 0 saturated heterocycles. The zero-order valence-electron chi connectivity index (χ0n) is 13.6. The minimum Gasteiger partial charge on any atom is -0.454 e. The zero-order valence-corrected chi connectivity index (χ0v) is 14.4. The van der Waals surface area contributed by atoms with Crippen LogP contribution in [0.3, 0.4) is 0 Å². The fourth-order valence-electron chi connectivity index (χ4n) is 3.15. The predicted molar refractivity (Wildman–Crippen MR) is 92.3 cm³/mol. The fraction of sp³-hybridized carbons (Fsp3) is 0.389. The average Bonchev–Trinajstić information content (AvgIpc) is 3.26. The number of amides is 1. The molecule has 1 atom stereocenters. The molecule has 0 spiro atoms. The number of fused-ring (bicyclic) bond motifs is 2. The molecule has 5 nitrogen and oxygen atoms in total. The van der Waals surface area contributed by atoms with Gasteiger partial charge < -0.3 is 14.8 Å². The van der Waals surface area contributed by atoms with E-state index in [-0.39, 0.29) is 18.7 Å². The second kappa shape index (κ2) is 6.45. The maximum Gasteiger partial charge on any atom is 0.237 e. The highest BCUT2D eigenvalue weighted by atomic mass is 32.1. The van der Waals surface area contributed by atoms with Gasteiger partial charge in [-0.15, -0.1) is 11.3 Å². The van der Waals surface area contributed by atoms with E-state index in [1.54, 1.807) is 0 Å². The van der Waals surface area contributed by atoms with Crippen molar-refractivity contribution in [1.29, 1.82) is 0 Å². The highest BCUT2D eigenvalue weighted by Crippen LogP contribution is 2.32. The monoisotopic (exact) mass is 344 g/mol. The summed E-state index contributed by atoms with van der Waals surface area (Å²) >= 11 is 1.82. The van der Waals surface area contributed by atoms with Gasteiger partial charge in [0.05, 0.1) is 6.04 Å². The van der Waals surface area contributed by atoms with Crippen molar-refractivity contribution in [3.8, 4) is 11.5 Å². The Balaban J connectivity index is 1.34. The third-order valence-corrected chi connectivity index (χ3v) is 5.69. The van der Waals surface area contributed by atoms with E-state index < -0.39 is 0 Å². The lowest BCUT2D eigenvalue weighted by Gasteiger charge is -2.31. The number of benzene rings is 1. The Morgan fingerprint density at radius 2 is 2.21 bits per heavy atom. The molecule has 2 aliphatic heterocycles. The van der Waals surface area contributed by atoms with E-state index in [2.05, 4.69) is 21.7 Å². The topological polar surface area (TPSA) is 50.8 Å². The van der Waals surface area contributed by atoms with E-state index in [0.29, 0.717) is 6.54 Å². The molecule has 0 radical (unpaired) electrons. The van der Waals surface area contributed by atoms with E-state index in [1.807, 2.05) is 36.5 Å². The molecular weight excluding hydrogens is 324 g/mol. The minimum atomic E-state index is -0.132. The Bertz CT molecular complexity index is 758. The van der Waals surface area contributed by atoms with E-state index in [4.69, 9.17) is 9.47 Å². The number of nitrogens with one attached hydrogen (secondary N) is 1. The molecular formula is C18H20N2O3S. The molecule has 4 rings (SSSR count). The summed E-state index contributed by atoms with van der Waals surface area (Å²) in [6.45, 7) is 4.54. The van der Waals surface area contributed by atoms with E-state index in [1.165, 1.54) is 10.4 Å². The number of carbonyl (C=O) groups is 1. The van der Waals surface area contributed by atoms with Gasteiger partial charge in [0.25, 0.3) is 0 Å². The van der Waals surface area contributed by atoms with Crippen LogP contribution < -0.4 is 14.8 Å². The molecule has 0 bridgehead atoms. The maximum absolute atomic E-state index is 12.5. The first-order valence-corrected chi connectivity index (χ1v) is 9.04. The van der Waals surface area contributed by atoms with Gasteiger partial charge in [0.1, 0.15) is 0 Å². The van der Waals surface area contributed by atoms with Crippen LogP contribution in [0.15, 0.2) is 29.6 Å². The van der Waals surface area contributed by atoms with Crippen LogP contribution in [-0.4, -0.2) is 30.2 Å². The van der Waals surface area contributed by atoms with Crippen molar-refractivity contribution in [2.45, 2.75) is 32.5 Å². The Hall–Kier alpha value is -2.05. The van der Waals surface area contributed by atoms with Crippen molar-refractivity contribution in [2.24, 2.45) is 0 Å². The molecule has 0 saturated carbocycles. The van der Waals surface area contributed by atoms with Crippen LogP contribution in [0.1, 0.15) is 22.9 Å². The number of rotatable bonds is 4. The first kappa shape index (κ1) is 15.5. The molecule has 2 aromatic rings. The Morgan fingerprint density at radius 3 is 3.12 bits per heavy atom. The van der Waals surface area contributed by atoms with Crippen molar-refractivity contribution in [3.05, 3.63) is 45.6 Å². The molecule has 126 valence electrons. The highest BCUT2D eigenvalue weighted by Gasteiger charge is 2.25. The van der Waals surface area contributed by atoms with Crippen molar-refractivity contribution < 1.29 is 14.3 Å². The van der Waals surface area contributed by atoms with Crippen molar-refractivity contribution in [1.82, 2.24) is 10.2 Å². The van der Waals surface area contributed by atoms with Crippen molar-refractivity contribution >= 4 is 17.2 Å². The largest absolute Gasteiger partial charge is 0.454 e. The van der Waals surface area contributed by atoms with Gasteiger partial charge >= 0.3 is 0 Å². The average molecular weight is 344 g/mol. The van der Waals surface area contributed by atoms with Gasteiger partial charge in [0.15, 0.2) is 11.5 Å². The highest BCUT2D eigenvalue weighted by molar-refractivity contribution is 7.10.